The average Bonchev–Trinajstić information content (AvgIpc) is 3.29. The first-order valence-corrected chi connectivity index (χ1v) is 10.0. The number of esters is 1. The predicted molar refractivity (Wildman–Crippen MR) is 114 cm³/mol. The number of methoxy groups -OCH3 is 3. The summed E-state index contributed by atoms with van der Waals surface area (Å²) in [5.41, 5.74) is 1.90. The van der Waals surface area contributed by atoms with Crippen LogP contribution in [0.2, 0.25) is 0 Å². The Labute approximate surface area is 178 Å². The molecular formula is C22H22N2O5S. The van der Waals surface area contributed by atoms with Gasteiger partial charge in [-0.05, 0) is 23.8 Å². The molecule has 0 aliphatic rings. The molecule has 1 amide bonds. The Kier molecular flexibility index (Phi) is 7.03. The van der Waals surface area contributed by atoms with Crippen molar-refractivity contribution >= 4 is 23.2 Å². The Morgan fingerprint density at radius 2 is 1.77 bits per heavy atom. The van der Waals surface area contributed by atoms with Gasteiger partial charge in [-0.2, -0.15) is 0 Å². The molecule has 0 aliphatic carbocycles. The van der Waals surface area contributed by atoms with E-state index in [9.17, 15) is 9.59 Å². The molecule has 0 aliphatic heterocycles. The van der Waals surface area contributed by atoms with Crippen molar-refractivity contribution < 1.29 is 23.8 Å². The average molecular weight is 426 g/mol. The largest absolute Gasteiger partial charge is 0.493 e. The molecule has 0 fully saturated rings. The van der Waals surface area contributed by atoms with Gasteiger partial charge in [0.1, 0.15) is 10.7 Å². The van der Waals surface area contributed by atoms with Gasteiger partial charge in [-0.25, -0.2) is 4.98 Å². The lowest BCUT2D eigenvalue weighted by atomic mass is 10.0. The van der Waals surface area contributed by atoms with Crippen LogP contribution in [0.15, 0.2) is 53.9 Å². The van der Waals surface area contributed by atoms with E-state index in [2.05, 4.69) is 10.3 Å². The summed E-state index contributed by atoms with van der Waals surface area (Å²) in [6.07, 6.45) is 0.0267. The molecule has 0 spiro atoms. The molecule has 1 atom stereocenters. The summed E-state index contributed by atoms with van der Waals surface area (Å²) in [6, 6.07) is 14.2. The number of benzene rings is 2. The fraction of sp³-hybridized carbons (Fsp3) is 0.227. The number of carbonyl (C=O) groups excluding carboxylic acids is 2. The number of nitrogens with zero attached hydrogens (tertiary/aromatic N) is 1. The Hall–Kier alpha value is -3.39. The molecule has 8 heteroatoms. The van der Waals surface area contributed by atoms with E-state index in [-0.39, 0.29) is 18.0 Å². The molecule has 1 N–H and O–H groups in total. The van der Waals surface area contributed by atoms with Crippen molar-refractivity contribution in [1.29, 1.82) is 0 Å². The highest BCUT2D eigenvalue weighted by atomic mass is 32.1. The van der Waals surface area contributed by atoms with Gasteiger partial charge >= 0.3 is 5.97 Å². The smallest absolute Gasteiger partial charge is 0.307 e. The van der Waals surface area contributed by atoms with Crippen LogP contribution >= 0.6 is 11.3 Å². The molecule has 7 nitrogen and oxygen atoms in total. The second-order valence-electron chi connectivity index (χ2n) is 6.32. The Morgan fingerprint density at radius 3 is 2.43 bits per heavy atom. The number of nitrogens with one attached hydrogen (secondary N) is 1. The first-order chi connectivity index (χ1) is 14.5. The van der Waals surface area contributed by atoms with Crippen LogP contribution in [0, 0.1) is 0 Å². The van der Waals surface area contributed by atoms with Crippen molar-refractivity contribution in [3.8, 4) is 22.1 Å². The van der Waals surface area contributed by atoms with Gasteiger partial charge in [0.2, 0.25) is 0 Å². The van der Waals surface area contributed by atoms with E-state index in [0.29, 0.717) is 16.5 Å². The highest BCUT2D eigenvalue weighted by Gasteiger charge is 2.21. The van der Waals surface area contributed by atoms with Crippen molar-refractivity contribution in [2.45, 2.75) is 12.5 Å². The topological polar surface area (TPSA) is 86.8 Å². The highest BCUT2D eigenvalue weighted by molar-refractivity contribution is 7.13. The van der Waals surface area contributed by atoms with E-state index in [1.165, 1.54) is 18.4 Å². The summed E-state index contributed by atoms with van der Waals surface area (Å²) >= 11 is 1.34. The van der Waals surface area contributed by atoms with Crippen molar-refractivity contribution in [3.63, 3.8) is 0 Å². The zero-order valence-electron chi connectivity index (χ0n) is 16.9. The van der Waals surface area contributed by atoms with Crippen molar-refractivity contribution in [1.82, 2.24) is 10.3 Å². The van der Waals surface area contributed by atoms with Crippen molar-refractivity contribution in [3.05, 3.63) is 65.2 Å². The molecule has 0 radical (unpaired) electrons. The van der Waals surface area contributed by atoms with Crippen LogP contribution in [-0.2, 0) is 9.53 Å². The quantitative estimate of drug-likeness (QED) is 0.551. The third-order valence-corrected chi connectivity index (χ3v) is 5.36. The predicted octanol–water partition coefficient (Wildman–Crippen LogP) is 3.86. The molecular weight excluding hydrogens is 404 g/mol. The number of hydrogen-bond donors (Lipinski definition) is 1. The number of aromatic nitrogens is 1. The van der Waals surface area contributed by atoms with Crippen molar-refractivity contribution in [2.75, 3.05) is 21.3 Å². The van der Waals surface area contributed by atoms with Gasteiger partial charge in [0, 0.05) is 10.9 Å². The Morgan fingerprint density at radius 1 is 1.03 bits per heavy atom. The Balaban J connectivity index is 1.80. The molecule has 3 rings (SSSR count). The highest BCUT2D eigenvalue weighted by Crippen LogP contribution is 2.33. The molecule has 2 aromatic carbocycles. The summed E-state index contributed by atoms with van der Waals surface area (Å²) in [5.74, 6) is 0.423. The summed E-state index contributed by atoms with van der Waals surface area (Å²) < 4.78 is 15.4. The third kappa shape index (κ3) is 4.96. The summed E-state index contributed by atoms with van der Waals surface area (Å²) in [7, 11) is 4.45. The van der Waals surface area contributed by atoms with Crippen LogP contribution in [-0.4, -0.2) is 38.2 Å². The zero-order chi connectivity index (χ0) is 21.5. The van der Waals surface area contributed by atoms with Crippen LogP contribution in [0.25, 0.3) is 10.6 Å². The van der Waals surface area contributed by atoms with E-state index in [1.807, 2.05) is 42.5 Å². The van der Waals surface area contributed by atoms with E-state index in [0.717, 1.165) is 11.1 Å². The van der Waals surface area contributed by atoms with Gasteiger partial charge in [-0.1, -0.05) is 30.3 Å². The number of rotatable bonds is 8. The number of carbonyl (C=O) groups is 2. The molecule has 1 unspecified atom stereocenters. The van der Waals surface area contributed by atoms with Gasteiger partial charge in [0.25, 0.3) is 5.91 Å². The van der Waals surface area contributed by atoms with Gasteiger partial charge < -0.3 is 19.5 Å². The number of thiazole rings is 1. The standard InChI is InChI=1S/C22H22N2O5S/c1-27-18-10-9-15(11-19(18)28-2)22-24-17(13-30-22)21(26)23-16(12-20(25)29-3)14-7-5-4-6-8-14/h4-11,13,16H,12H2,1-3H3,(H,23,26). The van der Waals surface area contributed by atoms with E-state index in [1.54, 1.807) is 25.7 Å². The maximum Gasteiger partial charge on any atom is 0.307 e. The molecule has 156 valence electrons. The first kappa shape index (κ1) is 21.3. The fourth-order valence-electron chi connectivity index (χ4n) is 2.90. The lowest BCUT2D eigenvalue weighted by Crippen LogP contribution is -2.30. The lowest BCUT2D eigenvalue weighted by molar-refractivity contribution is -0.141. The minimum Gasteiger partial charge on any atom is -0.493 e. The minimum atomic E-state index is -0.516. The molecule has 1 aromatic heterocycles. The SMILES string of the molecule is COC(=O)CC(NC(=O)c1csc(-c2ccc(OC)c(OC)c2)n1)c1ccccc1. The first-order valence-electron chi connectivity index (χ1n) is 9.16. The summed E-state index contributed by atoms with van der Waals surface area (Å²) in [6.45, 7) is 0. The Bertz CT molecular complexity index is 1020. The second kappa shape index (κ2) is 9.89. The normalized spacial score (nSPS) is 11.4. The van der Waals surface area contributed by atoms with Crippen LogP contribution in [0.3, 0.4) is 0 Å². The lowest BCUT2D eigenvalue weighted by Gasteiger charge is -2.17. The van der Waals surface area contributed by atoms with Gasteiger partial charge in [0.05, 0.1) is 33.8 Å². The second-order valence-corrected chi connectivity index (χ2v) is 7.18. The molecule has 0 bridgehead atoms. The molecule has 1 heterocycles. The molecule has 0 saturated heterocycles. The van der Waals surface area contributed by atoms with Gasteiger partial charge in [0.15, 0.2) is 11.5 Å². The molecule has 30 heavy (non-hydrogen) atoms. The van der Waals surface area contributed by atoms with E-state index < -0.39 is 12.0 Å². The van der Waals surface area contributed by atoms with E-state index >= 15 is 0 Å². The third-order valence-electron chi connectivity index (χ3n) is 4.47. The minimum absolute atomic E-state index is 0.0267. The summed E-state index contributed by atoms with van der Waals surface area (Å²) in [4.78, 5) is 29.1. The number of ether oxygens (including phenoxy) is 3. The van der Waals surface area contributed by atoms with Crippen LogP contribution in [0.5, 0.6) is 11.5 Å². The fourth-order valence-corrected chi connectivity index (χ4v) is 3.70. The van der Waals surface area contributed by atoms with Gasteiger partial charge in [-0.3, -0.25) is 9.59 Å². The maximum absolute atomic E-state index is 12.8. The van der Waals surface area contributed by atoms with Gasteiger partial charge in [-0.15, -0.1) is 11.3 Å². The van der Waals surface area contributed by atoms with Crippen LogP contribution < -0.4 is 14.8 Å². The maximum atomic E-state index is 12.8. The number of amides is 1. The zero-order valence-corrected chi connectivity index (χ0v) is 17.7. The van der Waals surface area contributed by atoms with Crippen LogP contribution in [0.1, 0.15) is 28.5 Å². The van der Waals surface area contributed by atoms with Crippen molar-refractivity contribution in [2.24, 2.45) is 0 Å². The van der Waals surface area contributed by atoms with E-state index in [4.69, 9.17) is 14.2 Å². The molecule has 3 aromatic rings. The number of hydrogen-bond acceptors (Lipinski definition) is 7. The van der Waals surface area contributed by atoms with Crippen LogP contribution in [0.4, 0.5) is 0 Å². The summed E-state index contributed by atoms with van der Waals surface area (Å²) in [5, 5.41) is 5.23. The monoisotopic (exact) mass is 426 g/mol. The molecule has 0 saturated carbocycles.